The van der Waals surface area contributed by atoms with Gasteiger partial charge in [0.05, 0.1) is 6.20 Å². The first-order chi connectivity index (χ1) is 16.0. The van der Waals surface area contributed by atoms with Crippen LogP contribution in [0.4, 0.5) is 17.3 Å². The fourth-order valence-electron chi connectivity index (χ4n) is 5.30. The molecule has 2 aromatic rings. The molecule has 0 unspecified atom stereocenters. The summed E-state index contributed by atoms with van der Waals surface area (Å²) in [6, 6.07) is 9.60. The maximum atomic E-state index is 12.0. The van der Waals surface area contributed by atoms with Gasteiger partial charge >= 0.3 is 0 Å². The zero-order valence-corrected chi connectivity index (χ0v) is 19.4. The third-order valence-electron chi connectivity index (χ3n) is 7.57. The van der Waals surface area contributed by atoms with Crippen LogP contribution in [0.3, 0.4) is 0 Å². The van der Waals surface area contributed by atoms with Crippen LogP contribution in [-0.4, -0.2) is 58.5 Å². The van der Waals surface area contributed by atoms with Crippen molar-refractivity contribution in [2.24, 2.45) is 11.5 Å². The van der Waals surface area contributed by atoms with Crippen molar-refractivity contribution in [2.75, 3.05) is 29.9 Å². The van der Waals surface area contributed by atoms with Crippen LogP contribution in [0.25, 0.3) is 0 Å². The maximum Gasteiger partial charge on any atom is 0.271 e. The van der Waals surface area contributed by atoms with E-state index in [1.54, 1.807) is 6.20 Å². The molecule has 2 atom stereocenters. The fourth-order valence-corrected chi connectivity index (χ4v) is 5.30. The maximum absolute atomic E-state index is 12.0. The SMILES string of the molecule is C[C@@H]1[C@H](N)CCCN1c1cnc(C(N)=O)c(Nc2ccc(C3CCN(C4CC4)CC3)cc2)n1. The summed E-state index contributed by atoms with van der Waals surface area (Å²) in [6.45, 7) is 5.39. The summed E-state index contributed by atoms with van der Waals surface area (Å²) in [5, 5.41) is 3.28. The van der Waals surface area contributed by atoms with Gasteiger partial charge < -0.3 is 26.6 Å². The van der Waals surface area contributed by atoms with E-state index in [1.165, 1.54) is 44.3 Å². The van der Waals surface area contributed by atoms with Crippen LogP contribution in [-0.2, 0) is 0 Å². The Balaban J connectivity index is 1.31. The standard InChI is InChI=1S/C25H35N7O/c1-16-21(26)3-2-12-32(16)22-15-28-23(24(27)33)25(30-22)29-19-6-4-17(5-7-19)18-10-13-31(14-11-18)20-8-9-20/h4-7,15-16,18,20-21H,2-3,8-14,26H2,1H3,(H2,27,33)(H,29,30)/t16-,21-/m1/s1. The largest absolute Gasteiger partial charge is 0.364 e. The van der Waals surface area contributed by atoms with Crippen molar-refractivity contribution >= 4 is 23.2 Å². The minimum Gasteiger partial charge on any atom is -0.364 e. The van der Waals surface area contributed by atoms with E-state index in [-0.39, 0.29) is 17.8 Å². The van der Waals surface area contributed by atoms with E-state index in [2.05, 4.69) is 51.3 Å². The first-order valence-corrected chi connectivity index (χ1v) is 12.3. The van der Waals surface area contributed by atoms with Crippen LogP contribution in [0.1, 0.15) is 67.4 Å². The third kappa shape index (κ3) is 4.82. The molecule has 3 aliphatic rings. The van der Waals surface area contributed by atoms with Gasteiger partial charge in [0.2, 0.25) is 0 Å². The molecule has 1 aromatic carbocycles. The highest BCUT2D eigenvalue weighted by atomic mass is 16.1. The molecular weight excluding hydrogens is 414 g/mol. The molecule has 2 aliphatic heterocycles. The van der Waals surface area contributed by atoms with E-state index in [0.717, 1.165) is 31.1 Å². The van der Waals surface area contributed by atoms with Gasteiger partial charge in [-0.1, -0.05) is 12.1 Å². The molecule has 33 heavy (non-hydrogen) atoms. The molecule has 0 spiro atoms. The van der Waals surface area contributed by atoms with Crippen molar-refractivity contribution in [3.63, 3.8) is 0 Å². The highest BCUT2D eigenvalue weighted by Crippen LogP contribution is 2.35. The Morgan fingerprint density at radius 1 is 1.06 bits per heavy atom. The topological polar surface area (TPSA) is 113 Å². The number of benzene rings is 1. The average Bonchev–Trinajstić information content (AvgIpc) is 3.67. The van der Waals surface area contributed by atoms with Crippen molar-refractivity contribution in [3.8, 4) is 0 Å². The lowest BCUT2D eigenvalue weighted by molar-refractivity contribution is 0.0996. The minimum absolute atomic E-state index is 0.0939. The molecule has 1 saturated carbocycles. The Hall–Kier alpha value is -2.71. The number of amides is 1. The number of anilines is 3. The lowest BCUT2D eigenvalue weighted by Crippen LogP contribution is -2.50. The Labute approximate surface area is 195 Å². The van der Waals surface area contributed by atoms with Crippen molar-refractivity contribution in [2.45, 2.75) is 69.5 Å². The number of primary amides is 1. The number of carbonyl (C=O) groups is 1. The molecule has 8 nitrogen and oxygen atoms in total. The molecule has 1 amide bonds. The molecule has 0 radical (unpaired) electrons. The first-order valence-electron chi connectivity index (χ1n) is 12.3. The Kier molecular flexibility index (Phi) is 6.21. The zero-order valence-electron chi connectivity index (χ0n) is 19.4. The van der Waals surface area contributed by atoms with Gasteiger partial charge in [-0.05, 0) is 82.2 Å². The highest BCUT2D eigenvalue weighted by Gasteiger charge is 2.32. The Bertz CT molecular complexity index is 983. The minimum atomic E-state index is -0.598. The van der Waals surface area contributed by atoms with Crippen molar-refractivity contribution < 1.29 is 4.79 Å². The second-order valence-electron chi connectivity index (χ2n) is 9.82. The second-order valence-corrected chi connectivity index (χ2v) is 9.82. The van der Waals surface area contributed by atoms with Crippen LogP contribution < -0.4 is 21.7 Å². The summed E-state index contributed by atoms with van der Waals surface area (Å²) in [5.41, 5.74) is 14.2. The van der Waals surface area contributed by atoms with Crippen molar-refractivity contribution in [3.05, 3.63) is 41.7 Å². The van der Waals surface area contributed by atoms with Gasteiger partial charge in [0.1, 0.15) is 5.82 Å². The summed E-state index contributed by atoms with van der Waals surface area (Å²) in [7, 11) is 0. The van der Waals surface area contributed by atoms with Gasteiger partial charge in [0, 0.05) is 30.4 Å². The number of aromatic nitrogens is 2. The molecule has 0 bridgehead atoms. The first kappa shape index (κ1) is 22.1. The highest BCUT2D eigenvalue weighted by molar-refractivity contribution is 5.96. The molecule has 3 heterocycles. The normalized spacial score (nSPS) is 24.6. The summed E-state index contributed by atoms with van der Waals surface area (Å²) < 4.78 is 0. The number of nitrogens with two attached hydrogens (primary N) is 2. The Morgan fingerprint density at radius 3 is 2.45 bits per heavy atom. The van der Waals surface area contributed by atoms with E-state index in [4.69, 9.17) is 16.5 Å². The van der Waals surface area contributed by atoms with Crippen molar-refractivity contribution in [1.82, 2.24) is 14.9 Å². The molecule has 176 valence electrons. The van der Waals surface area contributed by atoms with Gasteiger partial charge in [-0.2, -0.15) is 0 Å². The predicted octanol–water partition coefficient (Wildman–Crippen LogP) is 2.98. The smallest absolute Gasteiger partial charge is 0.271 e. The average molecular weight is 450 g/mol. The van der Waals surface area contributed by atoms with Gasteiger partial charge in [0.15, 0.2) is 11.5 Å². The fraction of sp³-hybridized carbons (Fsp3) is 0.560. The van der Waals surface area contributed by atoms with Crippen LogP contribution in [0.5, 0.6) is 0 Å². The number of hydrogen-bond donors (Lipinski definition) is 3. The van der Waals surface area contributed by atoms with Crippen LogP contribution in [0.15, 0.2) is 30.5 Å². The van der Waals surface area contributed by atoms with E-state index >= 15 is 0 Å². The van der Waals surface area contributed by atoms with Crippen molar-refractivity contribution in [1.29, 1.82) is 0 Å². The summed E-state index contributed by atoms with van der Waals surface area (Å²) in [4.78, 5) is 25.9. The second kappa shape index (κ2) is 9.27. The summed E-state index contributed by atoms with van der Waals surface area (Å²) >= 11 is 0. The van der Waals surface area contributed by atoms with Gasteiger partial charge in [0.25, 0.3) is 5.91 Å². The summed E-state index contributed by atoms with van der Waals surface area (Å²) in [5.74, 6) is 1.11. The van der Waals surface area contributed by atoms with E-state index in [0.29, 0.717) is 17.6 Å². The van der Waals surface area contributed by atoms with Gasteiger partial charge in [-0.25, -0.2) is 9.97 Å². The lowest BCUT2D eigenvalue weighted by atomic mass is 9.89. The van der Waals surface area contributed by atoms with E-state index in [1.807, 2.05) is 0 Å². The Morgan fingerprint density at radius 2 is 1.79 bits per heavy atom. The van der Waals surface area contributed by atoms with E-state index in [9.17, 15) is 4.79 Å². The molecular formula is C25H35N7O. The number of likely N-dealkylation sites (tertiary alicyclic amines) is 1. The molecule has 2 saturated heterocycles. The number of carbonyl (C=O) groups excluding carboxylic acids is 1. The molecule has 5 rings (SSSR count). The quantitative estimate of drug-likeness (QED) is 0.621. The number of nitrogens with one attached hydrogen (secondary N) is 1. The number of hydrogen-bond acceptors (Lipinski definition) is 7. The van der Waals surface area contributed by atoms with Crippen LogP contribution in [0, 0.1) is 0 Å². The van der Waals surface area contributed by atoms with Gasteiger partial charge in [-0.15, -0.1) is 0 Å². The number of piperidine rings is 2. The lowest BCUT2D eigenvalue weighted by Gasteiger charge is -2.38. The summed E-state index contributed by atoms with van der Waals surface area (Å²) in [6.07, 6.45) is 8.84. The molecule has 8 heteroatoms. The molecule has 5 N–H and O–H groups in total. The van der Waals surface area contributed by atoms with E-state index < -0.39 is 5.91 Å². The third-order valence-corrected chi connectivity index (χ3v) is 7.57. The number of nitrogens with zero attached hydrogens (tertiary/aromatic N) is 4. The van der Waals surface area contributed by atoms with Crippen LogP contribution >= 0.6 is 0 Å². The molecule has 3 fully saturated rings. The predicted molar refractivity (Wildman–Crippen MR) is 131 cm³/mol. The molecule has 1 aliphatic carbocycles. The molecule has 1 aromatic heterocycles. The zero-order chi connectivity index (χ0) is 22.9. The van der Waals surface area contributed by atoms with Crippen LogP contribution in [0.2, 0.25) is 0 Å². The number of rotatable bonds is 6. The monoisotopic (exact) mass is 449 g/mol. The van der Waals surface area contributed by atoms with Gasteiger partial charge in [-0.3, -0.25) is 4.79 Å².